The summed E-state index contributed by atoms with van der Waals surface area (Å²) in [5.74, 6) is 0.670. The maximum Gasteiger partial charge on any atom is 0.0596 e. The Bertz CT molecular complexity index is 103. The third-order valence-electron chi connectivity index (χ3n) is 1.68. The lowest BCUT2D eigenvalue weighted by Gasteiger charge is -2.28. The summed E-state index contributed by atoms with van der Waals surface area (Å²) in [5.41, 5.74) is 6.05. The predicted octanol–water partition coefficient (Wildman–Crippen LogP) is 1.56. The van der Waals surface area contributed by atoms with E-state index < -0.39 is 0 Å². The molecule has 0 aromatic carbocycles. The Balaban J connectivity index is 3.61. The Kier molecular flexibility index (Phi) is 4.04. The summed E-state index contributed by atoms with van der Waals surface area (Å²) in [7, 11) is 0. The van der Waals surface area contributed by atoms with Crippen molar-refractivity contribution in [3.05, 3.63) is 0 Å². The van der Waals surface area contributed by atoms with E-state index in [4.69, 9.17) is 5.73 Å². The van der Waals surface area contributed by atoms with Crippen molar-refractivity contribution in [1.29, 1.82) is 0 Å². The Hall–Kier alpha value is -0.0800. The molecule has 68 valence electrons. The average Bonchev–Trinajstić information content (AvgIpc) is 1.80. The Labute approximate surface area is 70.5 Å². The molecule has 0 aromatic rings. The molecule has 0 aromatic heterocycles. The minimum Gasteiger partial charge on any atom is -0.315 e. The summed E-state index contributed by atoms with van der Waals surface area (Å²) in [6.45, 7) is 11.8. The van der Waals surface area contributed by atoms with Gasteiger partial charge in [0.25, 0.3) is 0 Å². The van der Waals surface area contributed by atoms with Gasteiger partial charge in [-0.15, -0.1) is 0 Å². The Morgan fingerprint density at radius 2 is 1.73 bits per heavy atom. The fourth-order valence-corrected chi connectivity index (χ4v) is 0.669. The molecule has 0 saturated heterocycles. The molecule has 0 saturated carbocycles. The van der Waals surface area contributed by atoms with Gasteiger partial charge in [0.1, 0.15) is 0 Å². The second-order valence-corrected chi connectivity index (χ2v) is 4.65. The highest BCUT2D eigenvalue weighted by atomic mass is 15.0. The quantitative estimate of drug-likeness (QED) is 0.612. The van der Waals surface area contributed by atoms with Crippen molar-refractivity contribution in [2.24, 2.45) is 17.1 Å². The average molecular weight is 158 g/mol. The lowest BCUT2D eigenvalue weighted by Crippen LogP contribution is -2.48. The van der Waals surface area contributed by atoms with Crippen LogP contribution in [0.25, 0.3) is 0 Å². The molecule has 0 amide bonds. The monoisotopic (exact) mass is 158 g/mol. The molecule has 0 rings (SSSR count). The zero-order valence-electron chi connectivity index (χ0n) is 8.44. The van der Waals surface area contributed by atoms with Gasteiger partial charge in [0.2, 0.25) is 0 Å². The Morgan fingerprint density at radius 3 is 2.00 bits per heavy atom. The van der Waals surface area contributed by atoms with E-state index in [0.717, 1.165) is 6.54 Å². The maximum atomic E-state index is 5.89. The summed E-state index contributed by atoms with van der Waals surface area (Å²) in [6, 6.07) is 0. The molecule has 0 fully saturated rings. The van der Waals surface area contributed by atoms with Crippen LogP contribution in [0, 0.1) is 11.3 Å². The molecule has 0 heterocycles. The van der Waals surface area contributed by atoms with E-state index in [1.165, 1.54) is 0 Å². The SMILES string of the molecule is CC(C)CNC(N)C(C)(C)C. The molecule has 2 nitrogen and oxygen atoms in total. The van der Waals surface area contributed by atoms with Crippen LogP contribution in [0.15, 0.2) is 0 Å². The smallest absolute Gasteiger partial charge is 0.0596 e. The third-order valence-corrected chi connectivity index (χ3v) is 1.68. The number of hydrogen-bond donors (Lipinski definition) is 2. The standard InChI is InChI=1S/C9H22N2/c1-7(2)6-11-8(10)9(3,4)5/h7-8,11H,6,10H2,1-5H3. The van der Waals surface area contributed by atoms with Crippen LogP contribution in [-0.2, 0) is 0 Å². The van der Waals surface area contributed by atoms with E-state index in [0.29, 0.717) is 5.92 Å². The molecule has 0 aliphatic rings. The van der Waals surface area contributed by atoms with E-state index in [9.17, 15) is 0 Å². The minimum atomic E-state index is 0.102. The van der Waals surface area contributed by atoms with Gasteiger partial charge in [-0.05, 0) is 17.9 Å². The van der Waals surface area contributed by atoms with Crippen molar-refractivity contribution >= 4 is 0 Å². The van der Waals surface area contributed by atoms with Crippen molar-refractivity contribution in [3.63, 3.8) is 0 Å². The fourth-order valence-electron chi connectivity index (χ4n) is 0.669. The zero-order valence-corrected chi connectivity index (χ0v) is 8.44. The van der Waals surface area contributed by atoms with Crippen LogP contribution in [0.1, 0.15) is 34.6 Å². The number of nitrogens with one attached hydrogen (secondary N) is 1. The molecular formula is C9H22N2. The highest BCUT2D eigenvalue weighted by Crippen LogP contribution is 2.14. The highest BCUT2D eigenvalue weighted by molar-refractivity contribution is 4.74. The van der Waals surface area contributed by atoms with Crippen molar-refractivity contribution in [2.75, 3.05) is 6.54 Å². The van der Waals surface area contributed by atoms with Gasteiger partial charge in [0, 0.05) is 0 Å². The molecule has 0 radical (unpaired) electrons. The first-order chi connectivity index (χ1) is 4.84. The maximum absolute atomic E-state index is 5.89. The van der Waals surface area contributed by atoms with Crippen LogP contribution in [-0.4, -0.2) is 12.7 Å². The largest absolute Gasteiger partial charge is 0.315 e. The van der Waals surface area contributed by atoms with Gasteiger partial charge in [-0.1, -0.05) is 34.6 Å². The van der Waals surface area contributed by atoms with Crippen molar-refractivity contribution in [3.8, 4) is 0 Å². The van der Waals surface area contributed by atoms with Gasteiger partial charge in [-0.2, -0.15) is 0 Å². The van der Waals surface area contributed by atoms with Crippen LogP contribution >= 0.6 is 0 Å². The molecule has 2 heteroatoms. The third kappa shape index (κ3) is 5.22. The molecule has 0 aliphatic heterocycles. The van der Waals surface area contributed by atoms with Crippen molar-refractivity contribution < 1.29 is 0 Å². The lowest BCUT2D eigenvalue weighted by atomic mass is 9.92. The van der Waals surface area contributed by atoms with Crippen LogP contribution in [0.5, 0.6) is 0 Å². The second-order valence-electron chi connectivity index (χ2n) is 4.65. The van der Waals surface area contributed by atoms with E-state index in [2.05, 4.69) is 39.9 Å². The van der Waals surface area contributed by atoms with Gasteiger partial charge in [-0.25, -0.2) is 0 Å². The number of nitrogens with two attached hydrogens (primary N) is 1. The summed E-state index contributed by atoms with van der Waals surface area (Å²) < 4.78 is 0. The molecule has 0 aliphatic carbocycles. The van der Waals surface area contributed by atoms with Crippen LogP contribution in [0.2, 0.25) is 0 Å². The summed E-state index contributed by atoms with van der Waals surface area (Å²) in [4.78, 5) is 0. The van der Waals surface area contributed by atoms with Gasteiger partial charge in [0.05, 0.1) is 6.17 Å². The van der Waals surface area contributed by atoms with Crippen molar-refractivity contribution in [2.45, 2.75) is 40.8 Å². The van der Waals surface area contributed by atoms with Gasteiger partial charge in [-0.3, -0.25) is 0 Å². The molecular weight excluding hydrogens is 136 g/mol. The first-order valence-corrected chi connectivity index (χ1v) is 4.33. The summed E-state index contributed by atoms with van der Waals surface area (Å²) >= 11 is 0. The highest BCUT2D eigenvalue weighted by Gasteiger charge is 2.19. The van der Waals surface area contributed by atoms with Gasteiger partial charge >= 0.3 is 0 Å². The van der Waals surface area contributed by atoms with E-state index >= 15 is 0 Å². The van der Waals surface area contributed by atoms with Gasteiger partial charge in [0.15, 0.2) is 0 Å². The molecule has 1 unspecified atom stereocenters. The topological polar surface area (TPSA) is 38.0 Å². The zero-order chi connectivity index (χ0) is 9.07. The van der Waals surface area contributed by atoms with Crippen LogP contribution in [0.4, 0.5) is 0 Å². The summed E-state index contributed by atoms with van der Waals surface area (Å²) in [5, 5.41) is 3.30. The van der Waals surface area contributed by atoms with Crippen molar-refractivity contribution in [1.82, 2.24) is 5.32 Å². The fraction of sp³-hybridized carbons (Fsp3) is 1.00. The first-order valence-electron chi connectivity index (χ1n) is 4.33. The van der Waals surface area contributed by atoms with Crippen LogP contribution < -0.4 is 11.1 Å². The molecule has 0 bridgehead atoms. The number of hydrogen-bond acceptors (Lipinski definition) is 2. The molecule has 0 spiro atoms. The molecule has 11 heavy (non-hydrogen) atoms. The first kappa shape index (κ1) is 10.9. The number of rotatable bonds is 3. The molecule has 1 atom stereocenters. The minimum absolute atomic E-state index is 0.102. The van der Waals surface area contributed by atoms with E-state index in [1.807, 2.05) is 0 Å². The van der Waals surface area contributed by atoms with E-state index in [-0.39, 0.29) is 11.6 Å². The van der Waals surface area contributed by atoms with Gasteiger partial charge < -0.3 is 11.1 Å². The summed E-state index contributed by atoms with van der Waals surface area (Å²) in [6.07, 6.45) is 0.102. The Morgan fingerprint density at radius 1 is 1.27 bits per heavy atom. The predicted molar refractivity (Wildman–Crippen MR) is 50.3 cm³/mol. The van der Waals surface area contributed by atoms with Crippen LogP contribution in [0.3, 0.4) is 0 Å². The lowest BCUT2D eigenvalue weighted by molar-refractivity contribution is 0.266. The van der Waals surface area contributed by atoms with E-state index in [1.54, 1.807) is 0 Å². The second kappa shape index (κ2) is 4.07. The normalized spacial score (nSPS) is 15.5. The molecule has 3 N–H and O–H groups in total.